The third-order valence-corrected chi connectivity index (χ3v) is 13.3. The van der Waals surface area contributed by atoms with Gasteiger partial charge < -0.3 is 9.80 Å². The number of sulfone groups is 1. The molecule has 1 aliphatic carbocycles. The van der Waals surface area contributed by atoms with Crippen molar-refractivity contribution in [1.82, 2.24) is 19.2 Å². The Kier molecular flexibility index (Phi) is 6.33. The maximum absolute atomic E-state index is 13.8. The van der Waals surface area contributed by atoms with Gasteiger partial charge in [0.05, 0.1) is 26.2 Å². The molecular weight excluding hydrogens is 576 g/mol. The van der Waals surface area contributed by atoms with E-state index in [2.05, 4.69) is 19.8 Å². The molecule has 1 atom stereocenters. The molecule has 1 unspecified atom stereocenters. The number of aryl methyl sites for hydroxylation is 1. The van der Waals surface area contributed by atoms with Crippen LogP contribution in [0.4, 0.5) is 11.8 Å². The summed E-state index contributed by atoms with van der Waals surface area (Å²) in [7, 11) is -5.31. The minimum Gasteiger partial charge on any atom is -0.345 e. The molecule has 4 aromatic rings. The van der Waals surface area contributed by atoms with Crippen LogP contribution in [0.5, 0.6) is 0 Å². The predicted octanol–water partition coefficient (Wildman–Crippen LogP) is 4.85. The summed E-state index contributed by atoms with van der Waals surface area (Å²) in [5.41, 5.74) is 1.53. The van der Waals surface area contributed by atoms with Gasteiger partial charge in [0.2, 0.25) is 5.95 Å². The fourth-order valence-corrected chi connectivity index (χ4v) is 9.72. The second-order valence-electron chi connectivity index (χ2n) is 11.1. The van der Waals surface area contributed by atoms with Crippen molar-refractivity contribution < 1.29 is 12.6 Å². The first kappa shape index (κ1) is 26.7. The third kappa shape index (κ3) is 4.45. The summed E-state index contributed by atoms with van der Waals surface area (Å²) in [4.78, 5) is 13.6. The molecule has 2 fully saturated rings. The number of benzene rings is 1. The fourth-order valence-electron chi connectivity index (χ4n) is 4.93. The van der Waals surface area contributed by atoms with E-state index in [1.165, 1.54) is 10.2 Å². The molecule has 1 aromatic carbocycles. The molecule has 0 bridgehead atoms. The summed E-state index contributed by atoms with van der Waals surface area (Å²) in [5.74, 6) is 1.42. The Bertz CT molecular complexity index is 1700. The van der Waals surface area contributed by atoms with Gasteiger partial charge in [-0.15, -0.1) is 16.4 Å². The van der Waals surface area contributed by atoms with Gasteiger partial charge in [0.25, 0.3) is 0 Å². The number of piperazine rings is 1. The minimum absolute atomic E-state index is 0.129. The van der Waals surface area contributed by atoms with Gasteiger partial charge >= 0.3 is 0 Å². The highest BCUT2D eigenvalue weighted by Gasteiger charge is 2.53. The number of hydrogen-bond donors (Lipinski definition) is 0. The van der Waals surface area contributed by atoms with E-state index in [4.69, 9.17) is 16.7 Å². The molecule has 4 heterocycles. The van der Waals surface area contributed by atoms with E-state index in [0.717, 1.165) is 47.6 Å². The number of thiophene rings is 1. The first-order valence-electron chi connectivity index (χ1n) is 12.7. The molecule has 39 heavy (non-hydrogen) atoms. The van der Waals surface area contributed by atoms with Crippen molar-refractivity contribution in [3.63, 3.8) is 0 Å². The molecule has 1 saturated heterocycles. The molecule has 0 amide bonds. The Hall–Kier alpha value is -2.54. The molecule has 6 rings (SSSR count). The van der Waals surface area contributed by atoms with Crippen molar-refractivity contribution in [2.45, 2.75) is 59.2 Å². The zero-order valence-electron chi connectivity index (χ0n) is 22.1. The molecule has 0 radical (unpaired) electrons. The van der Waals surface area contributed by atoms with E-state index in [9.17, 15) is 12.6 Å². The zero-order chi connectivity index (χ0) is 27.7. The largest absolute Gasteiger partial charge is 0.345 e. The van der Waals surface area contributed by atoms with Crippen molar-refractivity contribution in [3.8, 4) is 0 Å². The number of anilines is 2. The van der Waals surface area contributed by atoms with E-state index in [0.29, 0.717) is 33.7 Å². The van der Waals surface area contributed by atoms with Crippen LogP contribution in [-0.2, 0) is 20.8 Å². The first-order chi connectivity index (χ1) is 18.4. The standard InChI is InChI=1S/C26H29ClN6O3S3/c1-17-14-28-24(29-15-17)31-12-13-32(26(16-31)10-11-26)23-22-18(27)6-5-7-19(22)33(30-23)38(34)20-8-9-21(37-20)39(35,36)25(2,3)4/h5-9,14-15H,10-13,16H2,1-4H3. The summed E-state index contributed by atoms with van der Waals surface area (Å²) < 4.78 is 40.9. The van der Waals surface area contributed by atoms with Crippen LogP contribution >= 0.6 is 22.9 Å². The van der Waals surface area contributed by atoms with Gasteiger partial charge in [-0.3, -0.25) is 0 Å². The third-order valence-electron chi connectivity index (χ3n) is 7.35. The molecular formula is C26H29ClN6O3S3. The van der Waals surface area contributed by atoms with Crippen molar-refractivity contribution in [1.29, 1.82) is 0 Å². The lowest BCUT2D eigenvalue weighted by molar-refractivity contribution is 0.499. The molecule has 1 spiro atoms. The summed E-state index contributed by atoms with van der Waals surface area (Å²) in [6.07, 6.45) is 5.66. The lowest BCUT2D eigenvalue weighted by atomic mass is 10.1. The maximum atomic E-state index is 13.8. The van der Waals surface area contributed by atoms with Crippen LogP contribution in [0.15, 0.2) is 51.1 Å². The van der Waals surface area contributed by atoms with Gasteiger partial charge in [-0.1, -0.05) is 17.7 Å². The Morgan fingerprint density at radius 2 is 1.79 bits per heavy atom. The molecule has 1 aliphatic heterocycles. The summed E-state index contributed by atoms with van der Waals surface area (Å²) in [5, 5.41) is 6.16. The molecule has 13 heteroatoms. The van der Waals surface area contributed by atoms with E-state index < -0.39 is 25.6 Å². The van der Waals surface area contributed by atoms with Crippen molar-refractivity contribution in [3.05, 3.63) is 53.3 Å². The second kappa shape index (κ2) is 9.25. The number of hydrogen-bond acceptors (Lipinski definition) is 9. The molecule has 1 saturated carbocycles. The molecule has 3 aromatic heterocycles. The summed E-state index contributed by atoms with van der Waals surface area (Å²) in [6, 6.07) is 8.63. The maximum Gasteiger partial charge on any atom is 0.225 e. The highest BCUT2D eigenvalue weighted by atomic mass is 35.5. The van der Waals surface area contributed by atoms with Gasteiger partial charge in [-0.05, 0) is 70.4 Å². The normalized spacial score (nSPS) is 18.2. The van der Waals surface area contributed by atoms with Gasteiger partial charge in [-0.2, -0.15) is 4.09 Å². The Labute approximate surface area is 239 Å². The van der Waals surface area contributed by atoms with Gasteiger partial charge in [-0.25, -0.2) is 22.6 Å². The van der Waals surface area contributed by atoms with Crippen molar-refractivity contribution in [2.24, 2.45) is 0 Å². The number of aromatic nitrogens is 4. The zero-order valence-corrected chi connectivity index (χ0v) is 25.3. The molecule has 0 N–H and O–H groups in total. The average Bonchev–Trinajstić information content (AvgIpc) is 3.29. The van der Waals surface area contributed by atoms with Crippen molar-refractivity contribution in [2.75, 3.05) is 29.4 Å². The minimum atomic E-state index is -3.56. The average molecular weight is 605 g/mol. The molecule has 9 nitrogen and oxygen atoms in total. The van der Waals surface area contributed by atoms with Crippen LogP contribution in [-0.4, -0.2) is 61.7 Å². The van der Waals surface area contributed by atoms with E-state index in [1.54, 1.807) is 26.8 Å². The van der Waals surface area contributed by atoms with Crippen LogP contribution in [0, 0.1) is 6.92 Å². The van der Waals surface area contributed by atoms with Crippen LogP contribution in [0.25, 0.3) is 10.9 Å². The molecule has 2 aliphatic rings. The Balaban J connectivity index is 1.37. The van der Waals surface area contributed by atoms with E-state index >= 15 is 0 Å². The monoisotopic (exact) mass is 604 g/mol. The van der Waals surface area contributed by atoms with Crippen LogP contribution in [0.1, 0.15) is 39.2 Å². The van der Waals surface area contributed by atoms with Gasteiger partial charge in [0.1, 0.15) is 8.42 Å². The number of nitrogens with zero attached hydrogens (tertiary/aromatic N) is 6. The first-order valence-corrected chi connectivity index (χ1v) is 16.4. The van der Waals surface area contributed by atoms with Crippen LogP contribution in [0.2, 0.25) is 5.02 Å². The lowest BCUT2D eigenvalue weighted by Crippen LogP contribution is -2.56. The van der Waals surface area contributed by atoms with Crippen LogP contribution < -0.4 is 9.80 Å². The SMILES string of the molecule is Cc1cnc(N2CCN(c3nn(S(=O)c4ccc(S(=O)(=O)C(C)(C)C)s4)c4cccc(Cl)c34)C3(CC3)C2)nc1. The quantitative estimate of drug-likeness (QED) is 0.319. The Morgan fingerprint density at radius 3 is 2.46 bits per heavy atom. The summed E-state index contributed by atoms with van der Waals surface area (Å²) in [6.45, 7) is 9.11. The van der Waals surface area contributed by atoms with Crippen molar-refractivity contribution >= 4 is 66.4 Å². The predicted molar refractivity (Wildman–Crippen MR) is 156 cm³/mol. The van der Waals surface area contributed by atoms with Crippen LogP contribution in [0.3, 0.4) is 0 Å². The number of halogens is 1. The highest BCUT2D eigenvalue weighted by Crippen LogP contribution is 2.49. The summed E-state index contributed by atoms with van der Waals surface area (Å²) >= 11 is 7.75. The Morgan fingerprint density at radius 1 is 1.08 bits per heavy atom. The lowest BCUT2D eigenvalue weighted by Gasteiger charge is -2.42. The number of fused-ring (bicyclic) bond motifs is 1. The van der Waals surface area contributed by atoms with E-state index in [-0.39, 0.29) is 9.75 Å². The van der Waals surface area contributed by atoms with E-state index in [1.807, 2.05) is 37.5 Å². The fraction of sp³-hybridized carbons (Fsp3) is 0.423. The number of rotatable bonds is 5. The topological polar surface area (TPSA) is 101 Å². The van der Waals surface area contributed by atoms with Gasteiger partial charge in [0, 0.05) is 32.0 Å². The molecule has 206 valence electrons. The highest BCUT2D eigenvalue weighted by molar-refractivity contribution is 7.95. The smallest absolute Gasteiger partial charge is 0.225 e. The van der Waals surface area contributed by atoms with Gasteiger partial charge in [0.15, 0.2) is 26.6 Å². The second-order valence-corrected chi connectivity index (χ2v) is 17.1.